The molecule has 0 aliphatic rings. The van der Waals surface area contributed by atoms with Gasteiger partial charge in [-0.2, -0.15) is 0 Å². The SMILES string of the molecule is CCOC(=O)Cc1c(CBr)ncc(F)c1C(F)F. The van der Waals surface area contributed by atoms with E-state index in [0.717, 1.165) is 6.20 Å². The van der Waals surface area contributed by atoms with Crippen LogP contribution in [0.4, 0.5) is 13.2 Å². The summed E-state index contributed by atoms with van der Waals surface area (Å²) >= 11 is 3.06. The number of aromatic nitrogens is 1. The quantitative estimate of drug-likeness (QED) is 0.616. The molecule has 0 N–H and O–H groups in total. The Kier molecular flexibility index (Phi) is 5.58. The zero-order chi connectivity index (χ0) is 13.7. The van der Waals surface area contributed by atoms with Crippen molar-refractivity contribution in [3.8, 4) is 0 Å². The molecule has 0 aliphatic carbocycles. The van der Waals surface area contributed by atoms with Gasteiger partial charge in [-0.15, -0.1) is 0 Å². The Balaban J connectivity index is 3.19. The Morgan fingerprint density at radius 2 is 2.22 bits per heavy atom. The average Bonchev–Trinajstić information content (AvgIpc) is 2.29. The molecule has 1 heterocycles. The second kappa shape index (κ2) is 6.72. The number of halogens is 4. The molecule has 100 valence electrons. The Morgan fingerprint density at radius 3 is 2.72 bits per heavy atom. The highest BCUT2D eigenvalue weighted by molar-refractivity contribution is 9.08. The maximum Gasteiger partial charge on any atom is 0.310 e. The molecule has 3 nitrogen and oxygen atoms in total. The van der Waals surface area contributed by atoms with Crippen LogP contribution in [0.15, 0.2) is 6.20 Å². The molecule has 0 saturated heterocycles. The van der Waals surface area contributed by atoms with E-state index >= 15 is 0 Å². The van der Waals surface area contributed by atoms with E-state index in [-0.39, 0.29) is 23.2 Å². The van der Waals surface area contributed by atoms with Crippen molar-refractivity contribution in [3.63, 3.8) is 0 Å². The monoisotopic (exact) mass is 325 g/mol. The Morgan fingerprint density at radius 1 is 1.56 bits per heavy atom. The van der Waals surface area contributed by atoms with E-state index in [1.165, 1.54) is 0 Å². The minimum atomic E-state index is -3.00. The highest BCUT2D eigenvalue weighted by atomic mass is 79.9. The smallest absolute Gasteiger partial charge is 0.310 e. The number of pyridine rings is 1. The number of rotatable bonds is 5. The Hall–Kier alpha value is -1.11. The van der Waals surface area contributed by atoms with Crippen LogP contribution in [0.1, 0.15) is 30.2 Å². The summed E-state index contributed by atoms with van der Waals surface area (Å²) in [6.07, 6.45) is -2.69. The van der Waals surface area contributed by atoms with Crippen LogP contribution in [0.5, 0.6) is 0 Å². The lowest BCUT2D eigenvalue weighted by Crippen LogP contribution is -2.13. The number of alkyl halides is 3. The van der Waals surface area contributed by atoms with Gasteiger partial charge in [-0.3, -0.25) is 9.78 Å². The summed E-state index contributed by atoms with van der Waals surface area (Å²) < 4.78 is 43.6. The molecule has 0 aromatic carbocycles. The maximum absolute atomic E-state index is 13.3. The zero-order valence-electron chi connectivity index (χ0n) is 9.55. The van der Waals surface area contributed by atoms with Gasteiger partial charge in [0.25, 0.3) is 6.43 Å². The first-order valence-electron chi connectivity index (χ1n) is 5.17. The van der Waals surface area contributed by atoms with Crippen molar-refractivity contribution in [3.05, 3.63) is 28.8 Å². The highest BCUT2D eigenvalue weighted by Crippen LogP contribution is 2.28. The van der Waals surface area contributed by atoms with Crippen molar-refractivity contribution in [2.24, 2.45) is 0 Å². The van der Waals surface area contributed by atoms with Crippen molar-refractivity contribution in [1.82, 2.24) is 4.98 Å². The van der Waals surface area contributed by atoms with E-state index in [1.54, 1.807) is 6.92 Å². The summed E-state index contributed by atoms with van der Waals surface area (Å²) in [5.41, 5.74) is -0.687. The lowest BCUT2D eigenvalue weighted by Gasteiger charge is -2.12. The largest absolute Gasteiger partial charge is 0.466 e. The van der Waals surface area contributed by atoms with Gasteiger partial charge in [-0.25, -0.2) is 13.2 Å². The van der Waals surface area contributed by atoms with Crippen molar-refractivity contribution in [2.45, 2.75) is 25.1 Å². The van der Waals surface area contributed by atoms with Crippen molar-refractivity contribution < 1.29 is 22.7 Å². The van der Waals surface area contributed by atoms with E-state index < -0.39 is 30.2 Å². The number of esters is 1. The number of nitrogens with zero attached hydrogens (tertiary/aromatic N) is 1. The highest BCUT2D eigenvalue weighted by Gasteiger charge is 2.24. The summed E-state index contributed by atoms with van der Waals surface area (Å²) in [4.78, 5) is 15.0. The molecule has 1 rings (SSSR count). The molecule has 0 saturated carbocycles. The molecule has 0 aliphatic heterocycles. The minimum absolute atomic E-state index is 0.111. The summed E-state index contributed by atoms with van der Waals surface area (Å²) in [6, 6.07) is 0. The molecule has 1 aromatic rings. The average molecular weight is 326 g/mol. The molecule has 0 atom stereocenters. The van der Waals surface area contributed by atoms with Gasteiger partial charge in [0.15, 0.2) is 5.82 Å². The number of carbonyl (C=O) groups excluding carboxylic acids is 1. The third-order valence-corrected chi connectivity index (χ3v) is 2.77. The topological polar surface area (TPSA) is 39.2 Å². The number of carbonyl (C=O) groups is 1. The van der Waals surface area contributed by atoms with Crippen LogP contribution in [0.3, 0.4) is 0 Å². The van der Waals surface area contributed by atoms with E-state index in [2.05, 4.69) is 25.7 Å². The van der Waals surface area contributed by atoms with Gasteiger partial charge < -0.3 is 4.74 Å². The van der Waals surface area contributed by atoms with Crippen LogP contribution >= 0.6 is 15.9 Å². The molecule has 0 amide bonds. The minimum Gasteiger partial charge on any atom is -0.466 e. The molecule has 0 fully saturated rings. The van der Waals surface area contributed by atoms with Crippen LogP contribution in [-0.2, 0) is 21.3 Å². The van der Waals surface area contributed by atoms with E-state index in [1.807, 2.05) is 0 Å². The summed E-state index contributed by atoms with van der Waals surface area (Å²) in [6.45, 7) is 1.73. The maximum atomic E-state index is 13.3. The standard InChI is InChI=1S/C11H11BrF3NO2/c1-2-18-9(17)3-6-8(4-12)16-5-7(13)10(6)11(14)15/h5,11H,2-4H2,1H3. The van der Waals surface area contributed by atoms with Gasteiger partial charge in [0.2, 0.25) is 0 Å². The van der Waals surface area contributed by atoms with Gasteiger partial charge in [0.1, 0.15) is 0 Å². The second-order valence-corrected chi connectivity index (χ2v) is 3.92. The van der Waals surface area contributed by atoms with Crippen LogP contribution in [0.25, 0.3) is 0 Å². The van der Waals surface area contributed by atoms with Gasteiger partial charge in [-0.1, -0.05) is 15.9 Å². The second-order valence-electron chi connectivity index (χ2n) is 3.36. The van der Waals surface area contributed by atoms with Gasteiger partial charge in [0, 0.05) is 5.33 Å². The Bertz CT molecular complexity index is 441. The lowest BCUT2D eigenvalue weighted by atomic mass is 10.0. The van der Waals surface area contributed by atoms with Crippen LogP contribution in [0.2, 0.25) is 0 Å². The zero-order valence-corrected chi connectivity index (χ0v) is 11.1. The fourth-order valence-corrected chi connectivity index (χ4v) is 1.97. The molecule has 0 bridgehead atoms. The van der Waals surface area contributed by atoms with Gasteiger partial charge in [-0.05, 0) is 12.5 Å². The number of hydrogen-bond acceptors (Lipinski definition) is 3. The van der Waals surface area contributed by atoms with Crippen LogP contribution < -0.4 is 0 Å². The van der Waals surface area contributed by atoms with E-state index in [9.17, 15) is 18.0 Å². The normalized spacial score (nSPS) is 10.8. The van der Waals surface area contributed by atoms with E-state index in [4.69, 9.17) is 0 Å². The Labute approximate surface area is 110 Å². The van der Waals surface area contributed by atoms with Crippen molar-refractivity contribution in [1.29, 1.82) is 0 Å². The first kappa shape index (κ1) is 14.9. The lowest BCUT2D eigenvalue weighted by molar-refractivity contribution is -0.142. The van der Waals surface area contributed by atoms with Crippen LogP contribution in [0, 0.1) is 5.82 Å². The molecule has 1 aromatic heterocycles. The molecule has 0 radical (unpaired) electrons. The molecule has 0 spiro atoms. The third-order valence-electron chi connectivity index (χ3n) is 2.24. The molecule has 7 heteroatoms. The first-order valence-corrected chi connectivity index (χ1v) is 6.29. The summed E-state index contributed by atoms with van der Waals surface area (Å²) in [7, 11) is 0. The van der Waals surface area contributed by atoms with Gasteiger partial charge >= 0.3 is 5.97 Å². The third kappa shape index (κ3) is 3.44. The first-order chi connectivity index (χ1) is 8.51. The predicted octanol–water partition coefficient (Wildman–Crippen LogP) is 3.16. The molecule has 18 heavy (non-hydrogen) atoms. The van der Waals surface area contributed by atoms with E-state index in [0.29, 0.717) is 0 Å². The van der Waals surface area contributed by atoms with Gasteiger partial charge in [0.05, 0.1) is 30.5 Å². The van der Waals surface area contributed by atoms with Crippen molar-refractivity contribution in [2.75, 3.05) is 6.61 Å². The van der Waals surface area contributed by atoms with Crippen LogP contribution in [-0.4, -0.2) is 17.6 Å². The number of ether oxygens (including phenoxy) is 1. The fraction of sp³-hybridized carbons (Fsp3) is 0.455. The summed E-state index contributed by atoms with van der Waals surface area (Å²) in [5, 5.41) is 0.155. The fourth-order valence-electron chi connectivity index (χ4n) is 1.49. The summed E-state index contributed by atoms with van der Waals surface area (Å²) in [5.74, 6) is -1.80. The van der Waals surface area contributed by atoms with Crippen molar-refractivity contribution >= 4 is 21.9 Å². The predicted molar refractivity (Wildman–Crippen MR) is 62.1 cm³/mol. The molecule has 0 unspecified atom stereocenters. The molecular weight excluding hydrogens is 315 g/mol. The number of hydrogen-bond donors (Lipinski definition) is 0. The molecular formula is C11H11BrF3NO2.